The van der Waals surface area contributed by atoms with Crippen LogP contribution in [0.25, 0.3) is 22.1 Å². The van der Waals surface area contributed by atoms with Gasteiger partial charge in [0.2, 0.25) is 0 Å². The molecular weight excluding hydrogens is 348 g/mol. The number of aryl methyl sites for hydroxylation is 1. The van der Waals surface area contributed by atoms with Crippen molar-refractivity contribution in [2.75, 3.05) is 5.32 Å². The highest BCUT2D eigenvalue weighted by Gasteiger charge is 2.13. The Hall–Kier alpha value is -3.88. The zero-order chi connectivity index (χ0) is 19.1. The van der Waals surface area contributed by atoms with E-state index in [1.807, 2.05) is 12.1 Å². The largest absolute Gasteiger partial charge is 0.332 e. The van der Waals surface area contributed by atoms with Gasteiger partial charge in [-0.1, -0.05) is 12.1 Å². The summed E-state index contributed by atoms with van der Waals surface area (Å²) < 4.78 is 2.27. The van der Waals surface area contributed by atoms with E-state index in [0.29, 0.717) is 16.7 Å². The molecule has 3 aromatic heterocycles. The first-order chi connectivity index (χ1) is 13.0. The van der Waals surface area contributed by atoms with Gasteiger partial charge in [-0.25, -0.2) is 14.8 Å². The summed E-state index contributed by atoms with van der Waals surface area (Å²) >= 11 is 0. The molecule has 4 rings (SSSR count). The van der Waals surface area contributed by atoms with Crippen LogP contribution in [0.15, 0.2) is 52.3 Å². The van der Waals surface area contributed by atoms with Gasteiger partial charge >= 0.3 is 5.69 Å². The lowest BCUT2D eigenvalue weighted by atomic mass is 10.2. The summed E-state index contributed by atoms with van der Waals surface area (Å²) in [7, 11) is 2.92. The van der Waals surface area contributed by atoms with Gasteiger partial charge in [0.15, 0.2) is 0 Å². The number of aromatic nitrogens is 5. The number of rotatable bonds is 2. The molecule has 0 spiro atoms. The fourth-order valence-corrected chi connectivity index (χ4v) is 2.80. The standard InChI is InChI=1S/C18H14N6O3/c1-23-15-11(17(26)24(2)18(23)27)7-10(8-20-15)21-16(25)14-9-19-12-5-3-4-6-13(12)22-14/h3-9H,1-2H3,(H,21,25). The van der Waals surface area contributed by atoms with Crippen molar-refractivity contribution < 1.29 is 4.79 Å². The number of fused-ring (bicyclic) bond motifs is 2. The molecule has 0 atom stereocenters. The Kier molecular flexibility index (Phi) is 3.76. The normalized spacial score (nSPS) is 11.0. The molecule has 0 bridgehead atoms. The van der Waals surface area contributed by atoms with Crippen molar-refractivity contribution >= 4 is 33.7 Å². The van der Waals surface area contributed by atoms with Crippen molar-refractivity contribution in [2.45, 2.75) is 0 Å². The Morgan fingerprint density at radius 3 is 2.52 bits per heavy atom. The maximum absolute atomic E-state index is 12.5. The number of pyridine rings is 1. The third kappa shape index (κ3) is 2.74. The van der Waals surface area contributed by atoms with E-state index in [9.17, 15) is 14.4 Å². The highest BCUT2D eigenvalue weighted by Crippen LogP contribution is 2.14. The van der Waals surface area contributed by atoms with E-state index in [1.165, 1.54) is 37.1 Å². The van der Waals surface area contributed by atoms with Crippen LogP contribution in [-0.4, -0.2) is 30.0 Å². The second-order valence-electron chi connectivity index (χ2n) is 6.00. The molecule has 4 aromatic rings. The van der Waals surface area contributed by atoms with Gasteiger partial charge in [-0.15, -0.1) is 0 Å². The van der Waals surface area contributed by atoms with Gasteiger partial charge < -0.3 is 5.32 Å². The lowest BCUT2D eigenvalue weighted by Gasteiger charge is -2.09. The maximum Gasteiger partial charge on any atom is 0.332 e. The summed E-state index contributed by atoms with van der Waals surface area (Å²) in [6.07, 6.45) is 2.77. The average Bonchev–Trinajstić information content (AvgIpc) is 2.70. The van der Waals surface area contributed by atoms with Crippen LogP contribution in [0, 0.1) is 0 Å². The monoisotopic (exact) mass is 362 g/mol. The van der Waals surface area contributed by atoms with Crippen LogP contribution in [0.3, 0.4) is 0 Å². The Morgan fingerprint density at radius 2 is 1.74 bits per heavy atom. The van der Waals surface area contributed by atoms with Gasteiger partial charge in [0.25, 0.3) is 11.5 Å². The van der Waals surface area contributed by atoms with Crippen LogP contribution in [0.1, 0.15) is 10.5 Å². The fourth-order valence-electron chi connectivity index (χ4n) is 2.80. The number of amides is 1. The number of benzene rings is 1. The highest BCUT2D eigenvalue weighted by atomic mass is 16.2. The molecule has 3 heterocycles. The number of anilines is 1. The molecule has 1 aromatic carbocycles. The van der Waals surface area contributed by atoms with Crippen LogP contribution in [0.5, 0.6) is 0 Å². The lowest BCUT2D eigenvalue weighted by molar-refractivity contribution is 0.102. The first kappa shape index (κ1) is 16.6. The predicted octanol–water partition coefficient (Wildman–Crippen LogP) is 0.828. The van der Waals surface area contributed by atoms with Crippen LogP contribution in [0.4, 0.5) is 5.69 Å². The van der Waals surface area contributed by atoms with Gasteiger partial charge in [0.05, 0.1) is 34.5 Å². The van der Waals surface area contributed by atoms with Crippen LogP contribution in [0.2, 0.25) is 0 Å². The molecule has 0 aliphatic rings. The van der Waals surface area contributed by atoms with Gasteiger partial charge in [0, 0.05) is 14.1 Å². The Labute approximate surface area is 151 Å². The van der Waals surface area contributed by atoms with E-state index >= 15 is 0 Å². The minimum absolute atomic E-state index is 0.141. The summed E-state index contributed by atoms with van der Waals surface area (Å²) in [5, 5.41) is 2.88. The molecule has 0 aliphatic heterocycles. The van der Waals surface area contributed by atoms with Crippen molar-refractivity contribution in [3.05, 3.63) is 69.3 Å². The van der Waals surface area contributed by atoms with E-state index in [4.69, 9.17) is 0 Å². The molecule has 0 saturated heterocycles. The zero-order valence-electron chi connectivity index (χ0n) is 14.5. The minimum atomic E-state index is -0.484. The van der Waals surface area contributed by atoms with Gasteiger partial charge in [-0.05, 0) is 18.2 Å². The second-order valence-corrected chi connectivity index (χ2v) is 6.00. The fraction of sp³-hybridized carbons (Fsp3) is 0.111. The molecule has 134 valence electrons. The van der Waals surface area contributed by atoms with E-state index in [1.54, 1.807) is 12.1 Å². The predicted molar refractivity (Wildman–Crippen MR) is 99.7 cm³/mol. The van der Waals surface area contributed by atoms with Crippen molar-refractivity contribution in [1.29, 1.82) is 0 Å². The van der Waals surface area contributed by atoms with Crippen LogP contribution < -0.4 is 16.6 Å². The van der Waals surface area contributed by atoms with Gasteiger partial charge in [-0.2, -0.15) is 0 Å². The Morgan fingerprint density at radius 1 is 1.00 bits per heavy atom. The molecule has 9 nitrogen and oxygen atoms in total. The molecular formula is C18H14N6O3. The zero-order valence-corrected chi connectivity index (χ0v) is 14.5. The molecule has 0 fully saturated rings. The van der Waals surface area contributed by atoms with Crippen LogP contribution in [-0.2, 0) is 14.1 Å². The third-order valence-corrected chi connectivity index (χ3v) is 4.23. The smallest absolute Gasteiger partial charge is 0.319 e. The number of hydrogen-bond donors (Lipinski definition) is 1. The molecule has 0 aliphatic carbocycles. The summed E-state index contributed by atoms with van der Waals surface area (Å²) in [5.41, 5.74) is 1.04. The highest BCUT2D eigenvalue weighted by molar-refractivity contribution is 6.04. The van der Waals surface area contributed by atoms with Crippen LogP contribution >= 0.6 is 0 Å². The number of nitrogens with one attached hydrogen (secondary N) is 1. The summed E-state index contributed by atoms with van der Waals surface area (Å²) in [5.74, 6) is -0.476. The Balaban J connectivity index is 1.73. The van der Waals surface area contributed by atoms with E-state index in [2.05, 4.69) is 20.3 Å². The topological polar surface area (TPSA) is 112 Å². The van der Waals surface area contributed by atoms with E-state index in [-0.39, 0.29) is 16.7 Å². The molecule has 1 amide bonds. The van der Waals surface area contributed by atoms with Crippen molar-refractivity contribution in [3.8, 4) is 0 Å². The van der Waals surface area contributed by atoms with Crippen molar-refractivity contribution in [1.82, 2.24) is 24.1 Å². The number of carbonyl (C=O) groups excluding carboxylic acids is 1. The number of carbonyl (C=O) groups is 1. The summed E-state index contributed by atoms with van der Waals surface area (Å²) in [6, 6.07) is 8.70. The van der Waals surface area contributed by atoms with E-state index in [0.717, 1.165) is 4.57 Å². The quantitative estimate of drug-likeness (QED) is 0.565. The van der Waals surface area contributed by atoms with Crippen molar-refractivity contribution in [2.24, 2.45) is 14.1 Å². The number of para-hydroxylation sites is 2. The minimum Gasteiger partial charge on any atom is -0.319 e. The molecule has 0 unspecified atom stereocenters. The maximum atomic E-state index is 12.5. The number of hydrogen-bond acceptors (Lipinski definition) is 6. The van der Waals surface area contributed by atoms with Gasteiger partial charge in [-0.3, -0.25) is 23.7 Å². The molecule has 1 N–H and O–H groups in total. The molecule has 27 heavy (non-hydrogen) atoms. The third-order valence-electron chi connectivity index (χ3n) is 4.23. The first-order valence-electron chi connectivity index (χ1n) is 8.04. The van der Waals surface area contributed by atoms with E-state index < -0.39 is 17.2 Å². The van der Waals surface area contributed by atoms with Gasteiger partial charge in [0.1, 0.15) is 11.3 Å². The summed E-state index contributed by atoms with van der Waals surface area (Å²) in [4.78, 5) is 49.4. The second kappa shape index (κ2) is 6.13. The SMILES string of the molecule is Cn1c(=O)c2cc(NC(=O)c3cnc4ccccc4n3)cnc2n(C)c1=O. The molecule has 0 radical (unpaired) electrons. The summed E-state index contributed by atoms with van der Waals surface area (Å²) in [6.45, 7) is 0. The molecule has 0 saturated carbocycles. The molecule has 9 heteroatoms. The average molecular weight is 362 g/mol. The first-order valence-corrected chi connectivity index (χ1v) is 8.04. The lowest BCUT2D eigenvalue weighted by Crippen LogP contribution is -2.37. The van der Waals surface area contributed by atoms with Crippen molar-refractivity contribution in [3.63, 3.8) is 0 Å². The Bertz CT molecular complexity index is 1340. The number of nitrogens with zero attached hydrogens (tertiary/aromatic N) is 5.